The van der Waals surface area contributed by atoms with Crippen molar-refractivity contribution < 1.29 is 8.54 Å². The third kappa shape index (κ3) is 4.51. The number of aliphatic imine (C=N–C) groups is 4. The van der Waals surface area contributed by atoms with Crippen molar-refractivity contribution in [1.29, 1.82) is 5.41 Å². The van der Waals surface area contributed by atoms with Gasteiger partial charge in [-0.15, -0.1) is 0 Å². The number of rotatable bonds is 4. The fourth-order valence-corrected chi connectivity index (χ4v) is 14.3. The molecule has 1 aromatic heterocycles. The second-order valence-electron chi connectivity index (χ2n) is 13.1. The molecule has 5 aromatic rings. The van der Waals surface area contributed by atoms with Crippen LogP contribution in [0.4, 0.5) is 5.82 Å². The summed E-state index contributed by atoms with van der Waals surface area (Å²) in [5.41, 5.74) is 7.14. The van der Waals surface area contributed by atoms with Crippen molar-refractivity contribution in [2.45, 2.75) is 19.6 Å². The van der Waals surface area contributed by atoms with Crippen LogP contribution in [0.5, 0.6) is 0 Å². The highest BCUT2D eigenvalue weighted by Crippen LogP contribution is 2.44. The van der Waals surface area contributed by atoms with Gasteiger partial charge >= 0.3 is 8.88 Å². The Morgan fingerprint density at radius 1 is 0.735 bits per heavy atom. The van der Waals surface area contributed by atoms with Gasteiger partial charge in [-0.1, -0.05) is 97.1 Å². The van der Waals surface area contributed by atoms with Crippen LogP contribution in [0, 0.1) is 5.41 Å². The first-order valence-electron chi connectivity index (χ1n) is 16.0. The third-order valence-corrected chi connectivity index (χ3v) is 15.9. The van der Waals surface area contributed by atoms with Gasteiger partial charge in [0.2, 0.25) is 0 Å². The summed E-state index contributed by atoms with van der Waals surface area (Å²) in [5.74, 6) is 2.69. The van der Waals surface area contributed by atoms with Crippen LogP contribution in [0.25, 0.3) is 22.5 Å². The summed E-state index contributed by atoms with van der Waals surface area (Å²) in [6.45, 7) is 6.46. The number of hydrogen-bond acceptors (Lipinski definition) is 6. The summed E-state index contributed by atoms with van der Waals surface area (Å²) in [7, 11) is -4.73. The highest BCUT2D eigenvalue weighted by molar-refractivity contribution is 14.1. The zero-order valence-corrected chi connectivity index (χ0v) is 31.4. The number of benzene rings is 4. The molecule has 2 bridgehead atoms. The summed E-state index contributed by atoms with van der Waals surface area (Å²) >= 11 is 2.28. The molecule has 1 N–H and O–H groups in total. The average Bonchev–Trinajstić information content (AvgIpc) is 3.80. The summed E-state index contributed by atoms with van der Waals surface area (Å²) < 4.78 is 19.2. The molecule has 0 fully saturated rings. The zero-order valence-electron chi connectivity index (χ0n) is 27.2. The Kier molecular flexibility index (Phi) is 6.81. The lowest BCUT2D eigenvalue weighted by Crippen LogP contribution is -2.69. The van der Waals surface area contributed by atoms with Gasteiger partial charge in [-0.2, -0.15) is 0 Å². The highest BCUT2D eigenvalue weighted by atomic mass is 127. The van der Waals surface area contributed by atoms with Crippen LogP contribution in [0.3, 0.4) is 0 Å². The largest absolute Gasteiger partial charge is 0.591 e. The summed E-state index contributed by atoms with van der Waals surface area (Å²) in [6.07, 6.45) is 2.11. The van der Waals surface area contributed by atoms with Crippen LogP contribution in [0.15, 0.2) is 117 Å². The van der Waals surface area contributed by atoms with E-state index in [1.165, 1.54) is 0 Å². The second-order valence-corrected chi connectivity index (χ2v) is 21.6. The van der Waals surface area contributed by atoms with Gasteiger partial charge in [-0.25, -0.2) is 20.0 Å². The molecule has 4 aliphatic heterocycles. The van der Waals surface area contributed by atoms with E-state index in [4.69, 9.17) is 28.5 Å². The maximum atomic E-state index is 9.80. The first-order valence-corrected chi connectivity index (χ1v) is 22.2. The molecule has 0 spiro atoms. The number of aromatic nitrogens is 1. The summed E-state index contributed by atoms with van der Waals surface area (Å²) in [4.78, 5) is 20.8. The minimum atomic E-state index is -3.98. The Hall–Kier alpha value is -4.61. The lowest BCUT2D eigenvalue weighted by molar-refractivity contribution is 0.250. The van der Waals surface area contributed by atoms with E-state index in [9.17, 15) is 5.41 Å². The standard InChI is InChI=1S/C37H30IN7O2Si2/c1-46-49(47-48(2,3)4)44-31(23-14-6-11-19-28(23)36(44)43-35-27-18-10-7-15-24(27)32(38)41-35)21-30-22-13-5-9-17-26(22)34(40-30)42-37-29-20-12-8-16-25(29)33(39)45(37)49/h5-21,39H,1-4H3/b30-21-,39-33?,42-37?,43-35?. The smallest absolute Gasteiger partial charge is 0.404 e. The van der Waals surface area contributed by atoms with Crippen molar-refractivity contribution in [3.8, 4) is 0 Å². The maximum absolute atomic E-state index is 9.80. The number of fused-ring (bicyclic) bond motifs is 11. The first-order chi connectivity index (χ1) is 23.7. The average molecular weight is 788 g/mol. The van der Waals surface area contributed by atoms with Gasteiger partial charge in [0.1, 0.15) is 21.2 Å². The SMILES string of the molecule is CO[Si]1(O[Si](C)(C)C)N2C(=N)c3ccccc3C2=NC2=N/C(=C\c3c4ccccc4c(N=C4N=C(I)c5ccccc54)n31)c1ccccc12. The topological polar surface area (TPSA) is 99.9 Å². The van der Waals surface area contributed by atoms with E-state index in [-0.39, 0.29) is 5.84 Å². The Bertz CT molecular complexity index is 2460. The van der Waals surface area contributed by atoms with E-state index in [0.717, 1.165) is 59.3 Å². The summed E-state index contributed by atoms with van der Waals surface area (Å²) in [6, 6.07) is 32.5. The minimum absolute atomic E-state index is 0.263. The molecule has 0 saturated carbocycles. The molecule has 5 heterocycles. The lowest BCUT2D eigenvalue weighted by atomic mass is 10.1. The molecule has 0 saturated heterocycles. The quantitative estimate of drug-likeness (QED) is 0.147. The zero-order chi connectivity index (χ0) is 33.7. The number of halogens is 1. The normalized spacial score (nSPS) is 21.0. The molecule has 0 radical (unpaired) electrons. The van der Waals surface area contributed by atoms with Crippen molar-refractivity contribution in [3.05, 3.63) is 136 Å². The first kappa shape index (κ1) is 30.5. The molecule has 9 rings (SSSR count). The fourth-order valence-electron chi connectivity index (χ4n) is 7.04. The van der Waals surface area contributed by atoms with Gasteiger partial charge in [-0.3, -0.25) is 14.2 Å². The van der Waals surface area contributed by atoms with Crippen molar-refractivity contribution in [2.75, 3.05) is 7.11 Å². The van der Waals surface area contributed by atoms with Crippen LogP contribution in [-0.2, 0) is 8.54 Å². The molecule has 49 heavy (non-hydrogen) atoms. The van der Waals surface area contributed by atoms with Gasteiger partial charge in [0.25, 0.3) is 0 Å². The molecule has 4 aliphatic rings. The fraction of sp³-hybridized carbons (Fsp3) is 0.108. The van der Waals surface area contributed by atoms with Crippen LogP contribution >= 0.6 is 22.6 Å². The Morgan fingerprint density at radius 2 is 1.35 bits per heavy atom. The van der Waals surface area contributed by atoms with Gasteiger partial charge in [0.05, 0.1) is 5.70 Å². The van der Waals surface area contributed by atoms with E-state index in [0.29, 0.717) is 23.3 Å². The van der Waals surface area contributed by atoms with E-state index < -0.39 is 17.2 Å². The van der Waals surface area contributed by atoms with Crippen molar-refractivity contribution >= 4 is 95.2 Å². The Labute approximate surface area is 299 Å². The van der Waals surface area contributed by atoms with E-state index in [1.54, 1.807) is 7.11 Å². The second kappa shape index (κ2) is 10.9. The molecular formula is C37H30IN7O2Si2. The van der Waals surface area contributed by atoms with Crippen LogP contribution in [0.2, 0.25) is 19.6 Å². The number of nitrogens with one attached hydrogen (secondary N) is 1. The number of hydrogen-bond donors (Lipinski definition) is 1. The molecule has 0 amide bonds. The molecule has 0 aliphatic carbocycles. The molecule has 1 unspecified atom stereocenters. The van der Waals surface area contributed by atoms with Crippen LogP contribution in [-0.4, -0.2) is 60.2 Å². The van der Waals surface area contributed by atoms with Crippen LogP contribution in [0.1, 0.15) is 39.1 Å². The molecule has 4 aromatic carbocycles. The van der Waals surface area contributed by atoms with Gasteiger partial charge in [0, 0.05) is 57.0 Å². The van der Waals surface area contributed by atoms with E-state index >= 15 is 0 Å². The highest BCUT2D eigenvalue weighted by Gasteiger charge is 2.59. The molecule has 12 heteroatoms. The van der Waals surface area contributed by atoms with Gasteiger partial charge in [0.15, 0.2) is 20.0 Å². The lowest BCUT2D eigenvalue weighted by Gasteiger charge is -2.42. The van der Waals surface area contributed by atoms with Crippen molar-refractivity contribution in [1.82, 2.24) is 8.80 Å². The summed E-state index contributed by atoms with van der Waals surface area (Å²) in [5, 5.41) is 11.7. The van der Waals surface area contributed by atoms with Gasteiger partial charge < -0.3 is 8.54 Å². The Morgan fingerprint density at radius 3 is 2.06 bits per heavy atom. The predicted octanol–water partition coefficient (Wildman–Crippen LogP) is 8.06. The van der Waals surface area contributed by atoms with E-state index in [1.807, 2.05) is 65.2 Å². The van der Waals surface area contributed by atoms with Gasteiger partial charge in [-0.05, 0) is 48.3 Å². The molecular weight excluding hydrogens is 758 g/mol. The molecule has 1 atom stereocenters. The van der Waals surface area contributed by atoms with Crippen molar-refractivity contribution in [3.63, 3.8) is 0 Å². The third-order valence-electron chi connectivity index (χ3n) is 8.99. The maximum Gasteiger partial charge on any atom is 0.591 e. The monoisotopic (exact) mass is 787 g/mol. The molecule has 240 valence electrons. The Balaban J connectivity index is 1.47. The minimum Gasteiger partial charge on any atom is -0.404 e. The van der Waals surface area contributed by atoms with Crippen LogP contribution < -0.4 is 0 Å². The number of amidine groups is 4. The molecule has 9 nitrogen and oxygen atoms in total. The predicted molar refractivity (Wildman–Crippen MR) is 210 cm³/mol. The number of nitrogens with zero attached hydrogens (tertiary/aromatic N) is 6. The van der Waals surface area contributed by atoms with Crippen molar-refractivity contribution in [2.24, 2.45) is 20.0 Å². The van der Waals surface area contributed by atoms with E-state index in [2.05, 4.69) is 88.9 Å².